The molecule has 30 heavy (non-hydrogen) atoms. The first-order valence-electron chi connectivity index (χ1n) is 10.0. The van der Waals surface area contributed by atoms with Gasteiger partial charge in [-0.3, -0.25) is 4.79 Å². The standard InChI is InChI=1S/C24H24N4OS/c1-16(18-9-5-3-6-10-18)28-20(29)13-14-25-23-22-21(19-11-7-4-8-12-19)17(2)30-24(22)27-15-26-23/h3-12,15-16H,13-14H2,1-2H3,(H,28,29)(H,25,26,27). The molecule has 6 heteroatoms. The lowest BCUT2D eigenvalue weighted by molar-refractivity contribution is -0.121. The molecule has 0 saturated carbocycles. The highest BCUT2D eigenvalue weighted by Gasteiger charge is 2.17. The van der Waals surface area contributed by atoms with Gasteiger partial charge in [-0.25, -0.2) is 9.97 Å². The molecule has 0 bridgehead atoms. The van der Waals surface area contributed by atoms with Crippen LogP contribution in [0, 0.1) is 6.92 Å². The summed E-state index contributed by atoms with van der Waals surface area (Å²) in [5.41, 5.74) is 3.40. The van der Waals surface area contributed by atoms with Crippen molar-refractivity contribution in [3.05, 3.63) is 77.4 Å². The van der Waals surface area contributed by atoms with Crippen LogP contribution in [0.4, 0.5) is 5.82 Å². The summed E-state index contributed by atoms with van der Waals surface area (Å²) >= 11 is 1.66. The first-order chi connectivity index (χ1) is 14.6. The van der Waals surface area contributed by atoms with Crippen molar-refractivity contribution in [2.24, 2.45) is 0 Å². The van der Waals surface area contributed by atoms with Crippen LogP contribution >= 0.6 is 11.3 Å². The zero-order valence-electron chi connectivity index (χ0n) is 17.1. The molecule has 2 N–H and O–H groups in total. The second-order valence-corrected chi connectivity index (χ2v) is 8.38. The highest BCUT2D eigenvalue weighted by molar-refractivity contribution is 7.19. The minimum absolute atomic E-state index is 0.00827. The largest absolute Gasteiger partial charge is 0.369 e. The van der Waals surface area contributed by atoms with E-state index in [-0.39, 0.29) is 11.9 Å². The number of nitrogens with zero attached hydrogens (tertiary/aromatic N) is 2. The fourth-order valence-electron chi connectivity index (χ4n) is 3.56. The van der Waals surface area contributed by atoms with Gasteiger partial charge in [-0.05, 0) is 25.0 Å². The van der Waals surface area contributed by atoms with E-state index >= 15 is 0 Å². The normalized spacial score (nSPS) is 11.9. The Morgan fingerprint density at radius 1 is 1.03 bits per heavy atom. The quantitative estimate of drug-likeness (QED) is 0.426. The molecule has 0 radical (unpaired) electrons. The van der Waals surface area contributed by atoms with E-state index in [4.69, 9.17) is 0 Å². The maximum absolute atomic E-state index is 12.4. The zero-order chi connectivity index (χ0) is 20.9. The molecular weight excluding hydrogens is 392 g/mol. The summed E-state index contributed by atoms with van der Waals surface area (Å²) in [7, 11) is 0. The Hall–Kier alpha value is -3.25. The van der Waals surface area contributed by atoms with Crippen molar-refractivity contribution in [1.29, 1.82) is 0 Å². The Morgan fingerprint density at radius 2 is 1.73 bits per heavy atom. The van der Waals surface area contributed by atoms with Crippen LogP contribution in [0.5, 0.6) is 0 Å². The topological polar surface area (TPSA) is 66.9 Å². The van der Waals surface area contributed by atoms with Crippen molar-refractivity contribution in [3.8, 4) is 11.1 Å². The number of fused-ring (bicyclic) bond motifs is 1. The average molecular weight is 417 g/mol. The molecule has 5 nitrogen and oxygen atoms in total. The lowest BCUT2D eigenvalue weighted by atomic mass is 10.0. The number of hydrogen-bond acceptors (Lipinski definition) is 5. The lowest BCUT2D eigenvalue weighted by Crippen LogP contribution is -2.28. The molecule has 1 atom stereocenters. The highest BCUT2D eigenvalue weighted by Crippen LogP contribution is 2.40. The first-order valence-corrected chi connectivity index (χ1v) is 10.8. The van der Waals surface area contributed by atoms with Crippen molar-refractivity contribution in [3.63, 3.8) is 0 Å². The number of anilines is 1. The van der Waals surface area contributed by atoms with Gasteiger partial charge >= 0.3 is 0 Å². The maximum Gasteiger partial charge on any atom is 0.222 e. The third kappa shape index (κ3) is 4.33. The first kappa shape index (κ1) is 20.0. The molecule has 1 unspecified atom stereocenters. The molecule has 4 aromatic rings. The van der Waals surface area contributed by atoms with Crippen LogP contribution in [-0.4, -0.2) is 22.4 Å². The van der Waals surface area contributed by atoms with Crippen molar-refractivity contribution < 1.29 is 4.79 Å². The van der Waals surface area contributed by atoms with Crippen molar-refractivity contribution >= 4 is 33.3 Å². The Morgan fingerprint density at radius 3 is 2.47 bits per heavy atom. The fourth-order valence-corrected chi connectivity index (χ4v) is 4.58. The number of aromatic nitrogens is 2. The van der Waals surface area contributed by atoms with Gasteiger partial charge in [-0.15, -0.1) is 11.3 Å². The van der Waals surface area contributed by atoms with Crippen LogP contribution in [0.3, 0.4) is 0 Å². The molecule has 1 amide bonds. The van der Waals surface area contributed by atoms with E-state index in [9.17, 15) is 4.79 Å². The van der Waals surface area contributed by atoms with Gasteiger partial charge in [0, 0.05) is 23.4 Å². The second-order valence-electron chi connectivity index (χ2n) is 7.18. The smallest absolute Gasteiger partial charge is 0.222 e. The van der Waals surface area contributed by atoms with Gasteiger partial charge in [0.05, 0.1) is 11.4 Å². The summed E-state index contributed by atoms with van der Waals surface area (Å²) in [6.07, 6.45) is 1.94. The summed E-state index contributed by atoms with van der Waals surface area (Å²) in [4.78, 5) is 23.5. The molecule has 2 aromatic carbocycles. The number of hydrogen-bond donors (Lipinski definition) is 2. The Balaban J connectivity index is 1.46. The molecule has 0 saturated heterocycles. The number of rotatable bonds is 7. The van der Waals surface area contributed by atoms with Gasteiger partial charge in [-0.1, -0.05) is 60.7 Å². The number of carbonyl (C=O) groups excluding carboxylic acids is 1. The Bertz CT molecular complexity index is 1140. The van der Waals surface area contributed by atoms with Gasteiger partial charge in [0.25, 0.3) is 0 Å². The van der Waals surface area contributed by atoms with Gasteiger partial charge in [0.2, 0.25) is 5.91 Å². The molecule has 4 rings (SSSR count). The van der Waals surface area contributed by atoms with Crippen LogP contribution in [0.2, 0.25) is 0 Å². The predicted molar refractivity (Wildman–Crippen MR) is 124 cm³/mol. The van der Waals surface area contributed by atoms with Crippen LogP contribution < -0.4 is 10.6 Å². The molecule has 2 aromatic heterocycles. The van der Waals surface area contributed by atoms with Crippen molar-refractivity contribution in [2.75, 3.05) is 11.9 Å². The Labute approximate surface area is 180 Å². The van der Waals surface area contributed by atoms with Crippen LogP contribution in [0.25, 0.3) is 21.3 Å². The molecule has 0 aliphatic rings. The minimum Gasteiger partial charge on any atom is -0.369 e. The molecule has 0 aliphatic heterocycles. The van der Waals surface area contributed by atoms with E-state index in [2.05, 4.69) is 39.7 Å². The lowest BCUT2D eigenvalue weighted by Gasteiger charge is -2.14. The van der Waals surface area contributed by atoms with Crippen LogP contribution in [0.15, 0.2) is 67.0 Å². The number of aryl methyl sites for hydroxylation is 1. The second kappa shape index (κ2) is 9.05. The number of amides is 1. The summed E-state index contributed by atoms with van der Waals surface area (Å²) < 4.78 is 0. The molecule has 0 spiro atoms. The molecule has 0 aliphatic carbocycles. The van der Waals surface area contributed by atoms with E-state index in [1.54, 1.807) is 17.7 Å². The van der Waals surface area contributed by atoms with E-state index in [1.165, 1.54) is 4.88 Å². The van der Waals surface area contributed by atoms with Crippen LogP contribution in [0.1, 0.15) is 29.8 Å². The fraction of sp³-hybridized carbons (Fsp3) is 0.208. The third-order valence-electron chi connectivity index (χ3n) is 5.05. The van der Waals surface area contributed by atoms with Gasteiger partial charge in [-0.2, -0.15) is 0 Å². The summed E-state index contributed by atoms with van der Waals surface area (Å²) in [6.45, 7) is 4.61. The Kier molecular flexibility index (Phi) is 6.05. The van der Waals surface area contributed by atoms with E-state index in [0.29, 0.717) is 13.0 Å². The van der Waals surface area contributed by atoms with Gasteiger partial charge < -0.3 is 10.6 Å². The third-order valence-corrected chi connectivity index (χ3v) is 6.06. The molecule has 2 heterocycles. The monoisotopic (exact) mass is 416 g/mol. The van der Waals surface area contributed by atoms with Crippen LogP contribution in [-0.2, 0) is 4.79 Å². The summed E-state index contributed by atoms with van der Waals surface area (Å²) in [6, 6.07) is 20.2. The number of nitrogens with one attached hydrogen (secondary N) is 2. The summed E-state index contributed by atoms with van der Waals surface area (Å²) in [5, 5.41) is 7.42. The SMILES string of the molecule is Cc1sc2ncnc(NCCC(=O)NC(C)c3ccccc3)c2c1-c1ccccc1. The van der Waals surface area contributed by atoms with E-state index in [0.717, 1.165) is 32.7 Å². The minimum atomic E-state index is -0.0198. The summed E-state index contributed by atoms with van der Waals surface area (Å²) in [5.74, 6) is 0.779. The number of thiophene rings is 1. The van der Waals surface area contributed by atoms with Crippen molar-refractivity contribution in [1.82, 2.24) is 15.3 Å². The predicted octanol–water partition coefficient (Wildman–Crippen LogP) is 5.35. The van der Waals surface area contributed by atoms with Gasteiger partial charge in [0.1, 0.15) is 17.0 Å². The molecular formula is C24H24N4OS. The zero-order valence-corrected chi connectivity index (χ0v) is 17.9. The maximum atomic E-state index is 12.4. The van der Waals surface area contributed by atoms with Crippen molar-refractivity contribution in [2.45, 2.75) is 26.3 Å². The molecule has 0 fully saturated rings. The van der Waals surface area contributed by atoms with Gasteiger partial charge in [0.15, 0.2) is 0 Å². The van der Waals surface area contributed by atoms with E-state index < -0.39 is 0 Å². The van der Waals surface area contributed by atoms with E-state index in [1.807, 2.05) is 55.5 Å². The number of carbonyl (C=O) groups is 1. The highest BCUT2D eigenvalue weighted by atomic mass is 32.1. The number of benzene rings is 2. The molecule has 152 valence electrons. The average Bonchev–Trinajstić information content (AvgIpc) is 3.11.